The van der Waals surface area contributed by atoms with Crippen LogP contribution in [-0.4, -0.2) is 48.3 Å². The summed E-state index contributed by atoms with van der Waals surface area (Å²) in [7, 11) is 0. The number of amides is 3. The molecule has 3 aliphatic heterocycles. The summed E-state index contributed by atoms with van der Waals surface area (Å²) in [5.74, 6) is 0.0355. The maximum Gasteiger partial charge on any atom is 0.255 e. The van der Waals surface area contributed by atoms with Crippen LogP contribution in [0.15, 0.2) is 18.2 Å². The van der Waals surface area contributed by atoms with Gasteiger partial charge in [0.2, 0.25) is 11.8 Å². The molecule has 5 rings (SSSR count). The smallest absolute Gasteiger partial charge is 0.255 e. The largest absolute Gasteiger partial charge is 0.322 e. The Balaban J connectivity index is 1.12. The van der Waals surface area contributed by atoms with Gasteiger partial charge in [-0.2, -0.15) is 0 Å². The van der Waals surface area contributed by atoms with E-state index in [4.69, 9.17) is 0 Å². The number of fused-ring (bicyclic) bond motifs is 1. The van der Waals surface area contributed by atoms with Crippen molar-refractivity contribution in [3.63, 3.8) is 0 Å². The first kappa shape index (κ1) is 21.6. The lowest BCUT2D eigenvalue weighted by atomic mass is 9.66. The molecule has 4 aliphatic rings. The molecular weight excluding hydrogens is 404 g/mol. The van der Waals surface area contributed by atoms with Gasteiger partial charge in [-0.15, -0.1) is 0 Å². The van der Waals surface area contributed by atoms with Gasteiger partial charge in [-0.25, -0.2) is 0 Å². The van der Waals surface area contributed by atoms with E-state index in [1.54, 1.807) is 4.90 Å². The summed E-state index contributed by atoms with van der Waals surface area (Å²) >= 11 is 0. The lowest BCUT2D eigenvalue weighted by molar-refractivity contribution is -0.136. The van der Waals surface area contributed by atoms with Crippen LogP contribution in [0.2, 0.25) is 0 Å². The highest BCUT2D eigenvalue weighted by molar-refractivity contribution is 6.05. The Morgan fingerprint density at radius 2 is 1.81 bits per heavy atom. The molecule has 2 saturated heterocycles. The maximum atomic E-state index is 12.8. The van der Waals surface area contributed by atoms with Gasteiger partial charge in [-0.1, -0.05) is 12.1 Å². The Labute approximate surface area is 189 Å². The summed E-state index contributed by atoms with van der Waals surface area (Å²) in [4.78, 5) is 38.1. The minimum absolute atomic E-state index is 0.108. The Morgan fingerprint density at radius 1 is 1.03 bits per heavy atom. The molecule has 32 heavy (non-hydrogen) atoms. The third kappa shape index (κ3) is 4.33. The Morgan fingerprint density at radius 3 is 2.56 bits per heavy atom. The predicted molar refractivity (Wildman–Crippen MR) is 121 cm³/mol. The van der Waals surface area contributed by atoms with E-state index < -0.39 is 6.04 Å². The summed E-state index contributed by atoms with van der Waals surface area (Å²) in [6.07, 6.45) is 8.77. The number of nitrogens with zero attached hydrogens (tertiary/aromatic N) is 1. The summed E-state index contributed by atoms with van der Waals surface area (Å²) in [6.45, 7) is 4.65. The fourth-order valence-electron chi connectivity index (χ4n) is 6.11. The first-order valence-corrected chi connectivity index (χ1v) is 12.2. The fourth-order valence-corrected chi connectivity index (χ4v) is 6.11. The summed E-state index contributed by atoms with van der Waals surface area (Å²) in [5.41, 5.74) is 3.44. The average Bonchev–Trinajstić information content (AvgIpc) is 3.11. The SMILES string of the molecule is O=C1CCC(N2Cc3cc(CNCC4CCC5(CCNCC5)CC4)ccc3C2=O)C(=O)N1. The molecule has 1 spiro atoms. The molecule has 1 unspecified atom stereocenters. The van der Waals surface area contributed by atoms with Crippen molar-refractivity contribution in [2.45, 2.75) is 70.5 Å². The zero-order valence-electron chi connectivity index (χ0n) is 18.8. The number of carbonyl (C=O) groups is 3. The van der Waals surface area contributed by atoms with Crippen LogP contribution in [-0.2, 0) is 22.7 Å². The Kier molecular flexibility index (Phi) is 6.03. The molecule has 0 radical (unpaired) electrons. The molecule has 3 fully saturated rings. The summed E-state index contributed by atoms with van der Waals surface area (Å²) < 4.78 is 0. The standard InChI is InChI=1S/C25H34N4O3/c30-22-4-3-21(23(31)28-22)29-16-19-13-18(1-2-20(19)24(29)32)15-27-14-17-5-7-25(8-6-17)9-11-26-12-10-25/h1-2,13,17,21,26-27H,3-12,14-16H2,(H,28,30,31). The van der Waals surface area contributed by atoms with Crippen LogP contribution in [0.4, 0.5) is 0 Å². The summed E-state index contributed by atoms with van der Waals surface area (Å²) in [5, 5.41) is 9.49. The summed E-state index contributed by atoms with van der Waals surface area (Å²) in [6, 6.07) is 5.45. The lowest BCUT2D eigenvalue weighted by Crippen LogP contribution is -2.52. The van der Waals surface area contributed by atoms with E-state index in [1.807, 2.05) is 12.1 Å². The Hall–Kier alpha value is -2.25. The van der Waals surface area contributed by atoms with Crippen molar-refractivity contribution in [3.05, 3.63) is 34.9 Å². The molecular formula is C25H34N4O3. The van der Waals surface area contributed by atoms with Gasteiger partial charge >= 0.3 is 0 Å². The number of benzene rings is 1. The number of hydrogen-bond acceptors (Lipinski definition) is 5. The third-order valence-corrected chi connectivity index (χ3v) is 8.18. The second-order valence-electron chi connectivity index (χ2n) is 10.2. The molecule has 7 nitrogen and oxygen atoms in total. The second kappa shape index (κ2) is 8.94. The van der Waals surface area contributed by atoms with Crippen LogP contribution < -0.4 is 16.0 Å². The molecule has 7 heteroatoms. The molecule has 172 valence electrons. The number of imide groups is 1. The van der Waals surface area contributed by atoms with Gasteiger partial charge in [0.1, 0.15) is 6.04 Å². The van der Waals surface area contributed by atoms with Crippen LogP contribution in [0.25, 0.3) is 0 Å². The molecule has 1 saturated carbocycles. The number of rotatable bonds is 5. The van der Waals surface area contributed by atoms with Crippen molar-refractivity contribution in [2.24, 2.45) is 11.3 Å². The van der Waals surface area contributed by atoms with Crippen molar-refractivity contribution in [1.82, 2.24) is 20.9 Å². The van der Waals surface area contributed by atoms with Crippen LogP contribution in [0.1, 0.15) is 72.9 Å². The fraction of sp³-hybridized carbons (Fsp3) is 0.640. The topological polar surface area (TPSA) is 90.5 Å². The predicted octanol–water partition coefficient (Wildman–Crippen LogP) is 2.10. The van der Waals surface area contributed by atoms with Crippen LogP contribution in [0.3, 0.4) is 0 Å². The van der Waals surface area contributed by atoms with Gasteiger partial charge in [0, 0.05) is 25.1 Å². The number of piperidine rings is 2. The molecule has 1 aromatic carbocycles. The first-order chi connectivity index (χ1) is 15.5. The third-order valence-electron chi connectivity index (χ3n) is 8.18. The maximum absolute atomic E-state index is 12.8. The molecule has 1 atom stereocenters. The van der Waals surface area contributed by atoms with Crippen LogP contribution in [0, 0.1) is 11.3 Å². The minimum atomic E-state index is -0.552. The van der Waals surface area contributed by atoms with E-state index in [1.165, 1.54) is 57.2 Å². The monoisotopic (exact) mass is 438 g/mol. The van der Waals surface area contributed by atoms with Gasteiger partial charge in [0.25, 0.3) is 5.91 Å². The van der Waals surface area contributed by atoms with Gasteiger partial charge < -0.3 is 15.5 Å². The second-order valence-corrected chi connectivity index (χ2v) is 10.2. The van der Waals surface area contributed by atoms with Crippen molar-refractivity contribution < 1.29 is 14.4 Å². The first-order valence-electron chi connectivity index (χ1n) is 12.2. The van der Waals surface area contributed by atoms with E-state index in [0.29, 0.717) is 23.9 Å². The average molecular weight is 439 g/mol. The van der Waals surface area contributed by atoms with E-state index >= 15 is 0 Å². The van der Waals surface area contributed by atoms with Crippen molar-refractivity contribution in [1.29, 1.82) is 0 Å². The molecule has 0 aromatic heterocycles. The quantitative estimate of drug-likeness (QED) is 0.613. The molecule has 3 amide bonds. The van der Waals surface area contributed by atoms with Crippen LogP contribution >= 0.6 is 0 Å². The lowest BCUT2D eigenvalue weighted by Gasteiger charge is -2.43. The Bertz CT molecular complexity index is 898. The highest BCUT2D eigenvalue weighted by Gasteiger charge is 2.39. The van der Waals surface area contributed by atoms with Crippen LogP contribution in [0.5, 0.6) is 0 Å². The van der Waals surface area contributed by atoms with E-state index in [9.17, 15) is 14.4 Å². The van der Waals surface area contributed by atoms with Crippen molar-refractivity contribution in [2.75, 3.05) is 19.6 Å². The number of hydrogen-bond donors (Lipinski definition) is 3. The van der Waals surface area contributed by atoms with Crippen molar-refractivity contribution >= 4 is 17.7 Å². The zero-order chi connectivity index (χ0) is 22.1. The molecule has 1 aliphatic carbocycles. The van der Waals surface area contributed by atoms with Gasteiger partial charge in [-0.3, -0.25) is 19.7 Å². The number of nitrogens with one attached hydrogen (secondary N) is 3. The zero-order valence-corrected chi connectivity index (χ0v) is 18.8. The van der Waals surface area contributed by atoms with Crippen molar-refractivity contribution in [3.8, 4) is 0 Å². The molecule has 3 N–H and O–H groups in total. The van der Waals surface area contributed by atoms with Gasteiger partial charge in [-0.05, 0) is 93.1 Å². The van der Waals surface area contributed by atoms with E-state index in [-0.39, 0.29) is 24.1 Å². The molecule has 0 bridgehead atoms. The highest BCUT2D eigenvalue weighted by Crippen LogP contribution is 2.44. The highest BCUT2D eigenvalue weighted by atomic mass is 16.2. The minimum Gasteiger partial charge on any atom is -0.322 e. The van der Waals surface area contributed by atoms with E-state index in [0.717, 1.165) is 24.6 Å². The number of carbonyl (C=O) groups excluding carboxylic acids is 3. The normalized spacial score (nSPS) is 25.8. The van der Waals surface area contributed by atoms with Gasteiger partial charge in [0.15, 0.2) is 0 Å². The molecule has 1 aromatic rings. The van der Waals surface area contributed by atoms with Gasteiger partial charge in [0.05, 0.1) is 0 Å². The van der Waals surface area contributed by atoms with E-state index in [2.05, 4.69) is 22.0 Å². The molecule has 3 heterocycles.